The predicted molar refractivity (Wildman–Crippen MR) is 131 cm³/mol. The van der Waals surface area contributed by atoms with Gasteiger partial charge in [0.25, 0.3) is 0 Å². The summed E-state index contributed by atoms with van der Waals surface area (Å²) in [5.74, 6) is 1.55. The Morgan fingerprint density at radius 2 is 1.91 bits per heavy atom. The monoisotopic (exact) mass is 505 g/mol. The molecule has 34 heavy (non-hydrogen) atoms. The number of rotatable bonds is 4. The first-order valence-electron chi connectivity index (χ1n) is 12.6. The number of ether oxygens (including phenoxy) is 1. The van der Waals surface area contributed by atoms with E-state index in [4.69, 9.17) is 9.88 Å². The first-order valence-corrected chi connectivity index (χ1v) is 14.9. The second-order valence-electron chi connectivity index (χ2n) is 11.3. The van der Waals surface area contributed by atoms with Crippen molar-refractivity contribution in [3.8, 4) is 0 Å². The molecule has 1 aromatic rings. The van der Waals surface area contributed by atoms with Crippen LogP contribution in [0.4, 0.5) is 0 Å². The molecule has 4 aliphatic carbocycles. The molecule has 3 fully saturated rings. The molecule has 6 atom stereocenters. The van der Waals surface area contributed by atoms with Gasteiger partial charge in [0.2, 0.25) is 10.0 Å². The van der Waals surface area contributed by atoms with Crippen LogP contribution < -0.4 is 5.14 Å². The molecule has 3 saturated carbocycles. The number of carbonyl (C=O) groups is 2. The maximum absolute atomic E-state index is 13.2. The Hall–Kier alpha value is -1.51. The van der Waals surface area contributed by atoms with Gasteiger partial charge < -0.3 is 4.74 Å². The first kappa shape index (κ1) is 24.2. The Kier molecular flexibility index (Phi) is 5.89. The molecule has 4 aliphatic rings. The van der Waals surface area contributed by atoms with E-state index in [2.05, 4.69) is 13.8 Å². The van der Waals surface area contributed by atoms with Crippen LogP contribution in [0, 0.1) is 28.6 Å². The lowest BCUT2D eigenvalue weighted by Crippen LogP contribution is -2.51. The zero-order chi connectivity index (χ0) is 24.5. The zero-order valence-electron chi connectivity index (χ0n) is 20.3. The van der Waals surface area contributed by atoms with Gasteiger partial charge in [-0.1, -0.05) is 26.3 Å². The van der Waals surface area contributed by atoms with E-state index in [0.29, 0.717) is 41.0 Å². The number of esters is 1. The maximum Gasteiger partial charge on any atom is 0.339 e. The average Bonchev–Trinajstić information content (AvgIpc) is 3.36. The molecule has 0 aromatic carbocycles. The number of primary sulfonamides is 1. The molecular weight excluding hydrogens is 470 g/mol. The van der Waals surface area contributed by atoms with Gasteiger partial charge in [-0.15, -0.1) is 11.3 Å². The molecule has 1 aromatic heterocycles. The molecule has 3 unspecified atom stereocenters. The number of hydrogen-bond donors (Lipinski definition) is 1. The summed E-state index contributed by atoms with van der Waals surface area (Å²) in [4.78, 5) is 26.0. The van der Waals surface area contributed by atoms with Crippen LogP contribution in [0.25, 0.3) is 0 Å². The van der Waals surface area contributed by atoms with Gasteiger partial charge in [0.05, 0.1) is 5.56 Å². The molecular formula is C26H35NO5S2. The highest BCUT2D eigenvalue weighted by atomic mass is 32.2. The van der Waals surface area contributed by atoms with E-state index in [0.717, 1.165) is 56.3 Å². The largest absolute Gasteiger partial charge is 0.458 e. The van der Waals surface area contributed by atoms with Gasteiger partial charge >= 0.3 is 5.97 Å². The summed E-state index contributed by atoms with van der Waals surface area (Å²) in [6.07, 6.45) is 10.1. The highest BCUT2D eigenvalue weighted by molar-refractivity contribution is 7.91. The first-order chi connectivity index (χ1) is 16.0. The fourth-order valence-corrected chi connectivity index (χ4v) is 9.74. The molecule has 5 rings (SSSR count). The van der Waals surface area contributed by atoms with Crippen LogP contribution >= 0.6 is 11.3 Å². The smallest absolute Gasteiger partial charge is 0.339 e. The highest BCUT2D eigenvalue weighted by Gasteiger charge is 2.60. The van der Waals surface area contributed by atoms with Crippen LogP contribution in [-0.2, 0) is 26.0 Å². The van der Waals surface area contributed by atoms with Crippen LogP contribution in [-0.4, -0.2) is 26.3 Å². The second kappa shape index (κ2) is 8.27. The normalized spacial score (nSPS) is 37.4. The van der Waals surface area contributed by atoms with Gasteiger partial charge in [-0.3, -0.25) is 4.79 Å². The summed E-state index contributed by atoms with van der Waals surface area (Å²) in [6.45, 7) is 6.57. The van der Waals surface area contributed by atoms with Crippen LogP contribution in [0.5, 0.6) is 0 Å². The van der Waals surface area contributed by atoms with Crippen molar-refractivity contribution in [3.63, 3.8) is 0 Å². The van der Waals surface area contributed by atoms with Crippen molar-refractivity contribution in [1.82, 2.24) is 0 Å². The van der Waals surface area contributed by atoms with Gasteiger partial charge in [0.15, 0.2) is 5.78 Å². The van der Waals surface area contributed by atoms with E-state index in [1.165, 1.54) is 11.6 Å². The van der Waals surface area contributed by atoms with Crippen LogP contribution in [0.15, 0.2) is 21.9 Å². The van der Waals surface area contributed by atoms with Gasteiger partial charge in [0.1, 0.15) is 10.3 Å². The summed E-state index contributed by atoms with van der Waals surface area (Å²) in [5, 5.41) is 5.30. The number of sulfonamides is 1. The van der Waals surface area contributed by atoms with E-state index in [-0.39, 0.29) is 26.9 Å². The summed E-state index contributed by atoms with van der Waals surface area (Å²) in [7, 11) is -3.85. The van der Waals surface area contributed by atoms with E-state index in [1.54, 1.807) is 0 Å². The number of allylic oxidation sites excluding steroid dienone is 1. The third-order valence-corrected chi connectivity index (χ3v) is 12.4. The summed E-state index contributed by atoms with van der Waals surface area (Å²) in [5.41, 5.74) is 1.77. The fourth-order valence-electron chi connectivity index (χ4n) is 7.88. The number of aryl methyl sites for hydroxylation is 1. The van der Waals surface area contributed by atoms with Crippen molar-refractivity contribution in [2.45, 2.75) is 88.9 Å². The number of ketones is 1. The minimum absolute atomic E-state index is 0.0117. The van der Waals surface area contributed by atoms with E-state index < -0.39 is 16.0 Å². The molecule has 1 heterocycles. The molecule has 2 N–H and O–H groups in total. The molecule has 0 aliphatic heterocycles. The SMILES string of the molecule is CCc1sc(S(N)(=O)=O)cc1C(=O)O[C@H]1CCC2C3CCC4=CC(=O)CC[C@]4(C)C3CC[C@@]21C. The van der Waals surface area contributed by atoms with Gasteiger partial charge in [-0.2, -0.15) is 0 Å². The summed E-state index contributed by atoms with van der Waals surface area (Å²) in [6, 6.07) is 1.38. The van der Waals surface area contributed by atoms with Crippen molar-refractivity contribution in [2.75, 3.05) is 0 Å². The lowest BCUT2D eigenvalue weighted by molar-refractivity contribution is -0.118. The van der Waals surface area contributed by atoms with Crippen LogP contribution in [0.3, 0.4) is 0 Å². The standard InChI is InChI=1S/C26H35NO5S2/c1-4-21-18(14-23(33-21)34(27,30)31)24(29)32-22-8-7-19-17-6-5-15-13-16(28)9-11-25(15,2)20(17)10-12-26(19,22)3/h13-14,17,19-20,22H,4-12H2,1-3H3,(H2,27,30,31)/t17?,19?,20?,22-,25-,26-/m0/s1. The lowest BCUT2D eigenvalue weighted by atomic mass is 9.47. The highest BCUT2D eigenvalue weighted by Crippen LogP contribution is 2.65. The summed E-state index contributed by atoms with van der Waals surface area (Å²) >= 11 is 1.06. The molecule has 0 spiro atoms. The van der Waals surface area contributed by atoms with Gasteiger partial charge in [-0.25, -0.2) is 18.4 Å². The fraction of sp³-hybridized carbons (Fsp3) is 0.692. The molecule has 8 heteroatoms. The van der Waals surface area contributed by atoms with Gasteiger partial charge in [-0.05, 0) is 86.7 Å². The van der Waals surface area contributed by atoms with E-state index in [9.17, 15) is 18.0 Å². The maximum atomic E-state index is 13.2. The minimum atomic E-state index is -3.85. The minimum Gasteiger partial charge on any atom is -0.458 e. The Morgan fingerprint density at radius 3 is 2.62 bits per heavy atom. The number of hydrogen-bond acceptors (Lipinski definition) is 6. The van der Waals surface area contributed by atoms with Crippen molar-refractivity contribution in [3.05, 3.63) is 28.2 Å². The van der Waals surface area contributed by atoms with Crippen LogP contribution in [0.2, 0.25) is 0 Å². The molecule has 0 saturated heterocycles. The third-order valence-electron chi connectivity index (χ3n) is 9.73. The van der Waals surface area contributed by atoms with E-state index >= 15 is 0 Å². The average molecular weight is 506 g/mol. The molecule has 0 radical (unpaired) electrons. The van der Waals surface area contributed by atoms with Crippen molar-refractivity contribution in [2.24, 2.45) is 33.7 Å². The van der Waals surface area contributed by atoms with Crippen LogP contribution in [0.1, 0.15) is 87.4 Å². The van der Waals surface area contributed by atoms with Gasteiger partial charge in [0, 0.05) is 16.7 Å². The van der Waals surface area contributed by atoms with E-state index in [1.807, 2.05) is 13.0 Å². The lowest BCUT2D eigenvalue weighted by Gasteiger charge is -2.57. The second-order valence-corrected chi connectivity index (χ2v) is 14.2. The zero-order valence-corrected chi connectivity index (χ0v) is 21.9. The number of thiophene rings is 1. The third kappa shape index (κ3) is 3.71. The topological polar surface area (TPSA) is 104 Å². The summed E-state index contributed by atoms with van der Waals surface area (Å²) < 4.78 is 29.8. The Labute approximate surface area is 206 Å². The number of fused-ring (bicyclic) bond motifs is 5. The Balaban J connectivity index is 1.36. The Bertz CT molecular complexity index is 1170. The Morgan fingerprint density at radius 1 is 1.15 bits per heavy atom. The quantitative estimate of drug-likeness (QED) is 0.579. The number of carbonyl (C=O) groups excluding carboxylic acids is 2. The molecule has 6 nitrogen and oxygen atoms in total. The van der Waals surface area contributed by atoms with Crippen molar-refractivity contribution in [1.29, 1.82) is 0 Å². The molecule has 0 bridgehead atoms. The number of nitrogens with two attached hydrogens (primary N) is 1. The molecule has 186 valence electrons. The predicted octanol–water partition coefficient (Wildman–Crippen LogP) is 5.02. The van der Waals surface area contributed by atoms with Crippen molar-refractivity contribution < 1.29 is 22.7 Å². The van der Waals surface area contributed by atoms with Crippen molar-refractivity contribution >= 4 is 33.1 Å². The molecule has 0 amide bonds.